The minimum atomic E-state index is -0.453. The predicted molar refractivity (Wildman–Crippen MR) is 89.8 cm³/mol. The molecule has 4 aromatic rings. The zero-order chi connectivity index (χ0) is 16.3. The fourth-order valence-electron chi connectivity index (χ4n) is 3.22. The third kappa shape index (κ3) is 1.78. The Balaban J connectivity index is 1.84. The molecular formula is C17H11FN4OS. The van der Waals surface area contributed by atoms with E-state index in [9.17, 15) is 9.50 Å². The second-order valence-electron chi connectivity index (χ2n) is 5.62. The standard InChI is InChI=1S/C17H11FN4OS/c18-13-7-9(23)1-2-10(13)14-11-3-5-22-16(11)15(19-8-20-22)12-4-6-24-17(12)21-14/h1-8,14,21,23H. The first-order valence-corrected chi connectivity index (χ1v) is 8.25. The van der Waals surface area contributed by atoms with Crippen molar-refractivity contribution >= 4 is 21.9 Å². The van der Waals surface area contributed by atoms with E-state index in [1.807, 2.05) is 23.7 Å². The number of phenols is 1. The molecule has 5 nitrogen and oxygen atoms in total. The predicted octanol–water partition coefficient (Wildman–Crippen LogP) is 3.82. The maximum Gasteiger partial charge on any atom is 0.137 e. The van der Waals surface area contributed by atoms with Gasteiger partial charge >= 0.3 is 0 Å². The number of aromatic hydroxyl groups is 1. The Morgan fingerprint density at radius 1 is 1.21 bits per heavy atom. The molecule has 3 aromatic heterocycles. The minimum Gasteiger partial charge on any atom is -0.508 e. The molecule has 0 bridgehead atoms. The summed E-state index contributed by atoms with van der Waals surface area (Å²) in [7, 11) is 0. The summed E-state index contributed by atoms with van der Waals surface area (Å²) in [6.07, 6.45) is 3.37. The number of anilines is 1. The van der Waals surface area contributed by atoms with Crippen molar-refractivity contribution in [3.05, 3.63) is 65.2 Å². The summed E-state index contributed by atoms with van der Waals surface area (Å²) < 4.78 is 16.3. The number of nitrogens with one attached hydrogen (secondary N) is 1. The Labute approximate surface area is 140 Å². The Bertz CT molecular complexity index is 1090. The van der Waals surface area contributed by atoms with Crippen molar-refractivity contribution in [2.24, 2.45) is 0 Å². The fourth-order valence-corrected chi connectivity index (χ4v) is 4.04. The zero-order valence-corrected chi connectivity index (χ0v) is 13.1. The van der Waals surface area contributed by atoms with E-state index < -0.39 is 5.82 Å². The monoisotopic (exact) mass is 338 g/mol. The molecule has 0 aliphatic carbocycles. The lowest BCUT2D eigenvalue weighted by atomic mass is 9.99. The van der Waals surface area contributed by atoms with Crippen LogP contribution in [0.3, 0.4) is 0 Å². The first kappa shape index (κ1) is 13.5. The van der Waals surface area contributed by atoms with Crippen molar-refractivity contribution in [1.82, 2.24) is 14.6 Å². The second-order valence-corrected chi connectivity index (χ2v) is 6.54. The summed E-state index contributed by atoms with van der Waals surface area (Å²) >= 11 is 1.55. The van der Waals surface area contributed by atoms with Crippen LogP contribution in [0.5, 0.6) is 5.75 Å². The third-order valence-corrected chi connectivity index (χ3v) is 5.13. The molecule has 1 atom stereocenters. The molecule has 0 saturated heterocycles. The van der Waals surface area contributed by atoms with Gasteiger partial charge in [0.2, 0.25) is 0 Å². The number of rotatable bonds is 1. The number of phenolic OH excluding ortho intramolecular Hbond substituents is 1. The molecule has 5 rings (SSSR count). The minimum absolute atomic E-state index is 0.0903. The number of hydrogen-bond donors (Lipinski definition) is 2. The van der Waals surface area contributed by atoms with Crippen molar-refractivity contribution < 1.29 is 9.50 Å². The van der Waals surface area contributed by atoms with Crippen LogP contribution >= 0.6 is 11.3 Å². The van der Waals surface area contributed by atoms with Crippen LogP contribution in [0.2, 0.25) is 0 Å². The molecule has 1 unspecified atom stereocenters. The van der Waals surface area contributed by atoms with Gasteiger partial charge in [-0.15, -0.1) is 11.3 Å². The van der Waals surface area contributed by atoms with Gasteiger partial charge in [0, 0.05) is 29.0 Å². The molecule has 1 aromatic carbocycles. The molecule has 24 heavy (non-hydrogen) atoms. The van der Waals surface area contributed by atoms with Gasteiger partial charge in [-0.1, -0.05) is 6.07 Å². The summed E-state index contributed by atoms with van der Waals surface area (Å²) in [5, 5.41) is 20.1. The van der Waals surface area contributed by atoms with Gasteiger partial charge in [0.1, 0.15) is 23.6 Å². The average molecular weight is 338 g/mol. The second kappa shape index (κ2) is 4.78. The first-order chi connectivity index (χ1) is 11.7. The van der Waals surface area contributed by atoms with Gasteiger partial charge in [-0.3, -0.25) is 0 Å². The molecular weight excluding hydrogens is 327 g/mol. The number of halogens is 1. The molecule has 1 aliphatic rings. The topological polar surface area (TPSA) is 62.5 Å². The van der Waals surface area contributed by atoms with Gasteiger partial charge < -0.3 is 10.4 Å². The molecule has 0 saturated carbocycles. The van der Waals surface area contributed by atoms with Gasteiger partial charge in [-0.25, -0.2) is 13.9 Å². The van der Waals surface area contributed by atoms with E-state index in [0.29, 0.717) is 5.56 Å². The summed E-state index contributed by atoms with van der Waals surface area (Å²) in [5.41, 5.74) is 4.04. The van der Waals surface area contributed by atoms with Gasteiger partial charge in [-0.05, 0) is 23.6 Å². The Hall–Kier alpha value is -2.93. The van der Waals surface area contributed by atoms with Crippen LogP contribution in [-0.4, -0.2) is 19.7 Å². The summed E-state index contributed by atoms with van der Waals surface area (Å²) in [5.74, 6) is -0.544. The van der Waals surface area contributed by atoms with Crippen LogP contribution in [-0.2, 0) is 0 Å². The average Bonchev–Trinajstić information content (AvgIpc) is 3.17. The normalized spacial score (nSPS) is 15.8. The van der Waals surface area contributed by atoms with Gasteiger partial charge in [0.15, 0.2) is 0 Å². The summed E-state index contributed by atoms with van der Waals surface area (Å²) in [6, 6.07) is 7.77. The molecule has 0 amide bonds. The van der Waals surface area contributed by atoms with Gasteiger partial charge in [-0.2, -0.15) is 5.10 Å². The van der Waals surface area contributed by atoms with Crippen molar-refractivity contribution in [3.8, 4) is 17.0 Å². The molecule has 0 spiro atoms. The van der Waals surface area contributed by atoms with Gasteiger partial charge in [0.05, 0.1) is 16.6 Å². The Kier molecular flexibility index (Phi) is 2.69. The van der Waals surface area contributed by atoms with Crippen molar-refractivity contribution in [2.45, 2.75) is 6.04 Å². The van der Waals surface area contributed by atoms with Crippen LogP contribution in [0.1, 0.15) is 17.2 Å². The number of fused-ring (bicyclic) bond motifs is 2. The Morgan fingerprint density at radius 2 is 2.12 bits per heavy atom. The highest BCUT2D eigenvalue weighted by Crippen LogP contribution is 2.44. The largest absolute Gasteiger partial charge is 0.508 e. The lowest BCUT2D eigenvalue weighted by Crippen LogP contribution is -2.12. The molecule has 1 aliphatic heterocycles. The highest BCUT2D eigenvalue weighted by Gasteiger charge is 2.28. The van der Waals surface area contributed by atoms with Crippen molar-refractivity contribution in [1.29, 1.82) is 0 Å². The summed E-state index contributed by atoms with van der Waals surface area (Å²) in [6.45, 7) is 0. The van der Waals surface area contributed by atoms with E-state index in [4.69, 9.17) is 0 Å². The zero-order valence-electron chi connectivity index (χ0n) is 12.3. The molecule has 0 radical (unpaired) electrons. The van der Waals surface area contributed by atoms with E-state index in [1.54, 1.807) is 21.9 Å². The van der Waals surface area contributed by atoms with Crippen molar-refractivity contribution in [2.75, 3.05) is 5.32 Å². The molecule has 4 heterocycles. The number of nitrogens with zero attached hydrogens (tertiary/aromatic N) is 3. The molecule has 2 N–H and O–H groups in total. The van der Waals surface area contributed by atoms with Gasteiger partial charge in [0.25, 0.3) is 0 Å². The summed E-state index contributed by atoms with van der Waals surface area (Å²) in [4.78, 5) is 4.45. The number of benzene rings is 1. The quantitative estimate of drug-likeness (QED) is 0.554. The smallest absolute Gasteiger partial charge is 0.137 e. The SMILES string of the molecule is Oc1ccc(C2Nc3sccc3-c3ncnn4ccc2c34)c(F)c1. The third-order valence-electron chi connectivity index (χ3n) is 4.29. The fraction of sp³-hybridized carbons (Fsp3) is 0.0588. The van der Waals surface area contributed by atoms with Crippen LogP contribution in [0.25, 0.3) is 16.8 Å². The van der Waals surface area contributed by atoms with E-state index in [0.717, 1.165) is 33.4 Å². The van der Waals surface area contributed by atoms with E-state index in [2.05, 4.69) is 15.4 Å². The molecule has 7 heteroatoms. The van der Waals surface area contributed by atoms with Crippen LogP contribution in [0.15, 0.2) is 48.2 Å². The number of thiophene rings is 1. The lowest BCUT2D eigenvalue weighted by Gasteiger charge is -2.18. The maximum absolute atomic E-state index is 14.5. The highest BCUT2D eigenvalue weighted by atomic mass is 32.1. The lowest BCUT2D eigenvalue weighted by molar-refractivity contribution is 0.467. The van der Waals surface area contributed by atoms with E-state index in [-0.39, 0.29) is 11.8 Å². The van der Waals surface area contributed by atoms with E-state index >= 15 is 0 Å². The van der Waals surface area contributed by atoms with Crippen LogP contribution < -0.4 is 5.32 Å². The van der Waals surface area contributed by atoms with Crippen LogP contribution in [0, 0.1) is 5.82 Å². The highest BCUT2D eigenvalue weighted by molar-refractivity contribution is 7.14. The Morgan fingerprint density at radius 3 is 3.00 bits per heavy atom. The van der Waals surface area contributed by atoms with Crippen molar-refractivity contribution in [3.63, 3.8) is 0 Å². The molecule has 118 valence electrons. The number of aromatic nitrogens is 3. The van der Waals surface area contributed by atoms with E-state index in [1.165, 1.54) is 12.4 Å². The molecule has 0 fully saturated rings. The number of hydrogen-bond acceptors (Lipinski definition) is 5. The maximum atomic E-state index is 14.5. The first-order valence-electron chi connectivity index (χ1n) is 7.37. The van der Waals surface area contributed by atoms with Crippen LogP contribution in [0.4, 0.5) is 9.39 Å².